The molecule has 0 radical (unpaired) electrons. The van der Waals surface area contributed by atoms with Gasteiger partial charge in [0.05, 0.1) is 0 Å². The second-order valence-corrected chi connectivity index (χ2v) is 4.57. The Kier molecular flexibility index (Phi) is 2.70. The van der Waals surface area contributed by atoms with Crippen molar-refractivity contribution in [3.63, 3.8) is 0 Å². The summed E-state index contributed by atoms with van der Waals surface area (Å²) in [5.41, 5.74) is 0.690. The van der Waals surface area contributed by atoms with Gasteiger partial charge in [0.1, 0.15) is 0 Å². The quantitative estimate of drug-likeness (QED) is 0.722. The fourth-order valence-corrected chi connectivity index (χ4v) is 2.31. The van der Waals surface area contributed by atoms with E-state index in [1.54, 1.807) is 0 Å². The number of carbonyl (C=O) groups excluding carboxylic acids is 1. The van der Waals surface area contributed by atoms with E-state index in [9.17, 15) is 4.79 Å². The van der Waals surface area contributed by atoms with Crippen LogP contribution in [0.15, 0.2) is 39.3 Å². The van der Waals surface area contributed by atoms with Gasteiger partial charge < -0.3 is 0 Å². The van der Waals surface area contributed by atoms with E-state index in [0.717, 1.165) is 26.0 Å². The summed E-state index contributed by atoms with van der Waals surface area (Å²) in [5, 5.41) is 2.03. The molecule has 0 aliphatic carbocycles. The van der Waals surface area contributed by atoms with Crippen molar-refractivity contribution in [3.8, 4) is 0 Å². The van der Waals surface area contributed by atoms with Crippen LogP contribution in [0.4, 0.5) is 0 Å². The third kappa shape index (κ3) is 1.51. The molecular weight excluding hydrogens is 308 g/mol. The molecule has 0 aliphatic heterocycles. The van der Waals surface area contributed by atoms with E-state index in [0.29, 0.717) is 5.56 Å². The molecule has 0 bridgehead atoms. The van der Waals surface area contributed by atoms with E-state index < -0.39 is 0 Å². The molecule has 0 fully saturated rings. The average molecular weight is 314 g/mol. The van der Waals surface area contributed by atoms with Crippen molar-refractivity contribution < 1.29 is 4.79 Å². The third-order valence-electron chi connectivity index (χ3n) is 2.10. The summed E-state index contributed by atoms with van der Waals surface area (Å²) in [6, 6.07) is 9.80. The number of hydrogen-bond donors (Lipinski definition) is 0. The van der Waals surface area contributed by atoms with Crippen LogP contribution in [-0.4, -0.2) is 6.29 Å². The van der Waals surface area contributed by atoms with Crippen molar-refractivity contribution in [3.05, 3.63) is 44.8 Å². The first-order valence-corrected chi connectivity index (χ1v) is 5.64. The molecule has 14 heavy (non-hydrogen) atoms. The molecule has 0 atom stereocenters. The first-order chi connectivity index (χ1) is 6.74. The van der Waals surface area contributed by atoms with Gasteiger partial charge in [-0.25, -0.2) is 0 Å². The fraction of sp³-hybridized carbons (Fsp3) is 0. The molecule has 2 aromatic rings. The van der Waals surface area contributed by atoms with Gasteiger partial charge in [-0.1, -0.05) is 24.3 Å². The fourth-order valence-electron chi connectivity index (χ4n) is 1.43. The Bertz CT molecular complexity index is 506. The lowest BCUT2D eigenvalue weighted by molar-refractivity contribution is 0.112. The predicted molar refractivity (Wildman–Crippen MR) is 64.7 cm³/mol. The molecule has 2 aromatic carbocycles. The first-order valence-electron chi connectivity index (χ1n) is 4.06. The van der Waals surface area contributed by atoms with Crippen LogP contribution in [0.25, 0.3) is 10.8 Å². The van der Waals surface area contributed by atoms with Crippen LogP contribution in [-0.2, 0) is 0 Å². The molecule has 0 aromatic heterocycles. The molecule has 1 nitrogen and oxygen atoms in total. The van der Waals surface area contributed by atoms with Gasteiger partial charge in [0.2, 0.25) is 0 Å². The van der Waals surface area contributed by atoms with E-state index in [1.807, 2.05) is 30.3 Å². The van der Waals surface area contributed by atoms with Crippen molar-refractivity contribution in [2.45, 2.75) is 0 Å². The summed E-state index contributed by atoms with van der Waals surface area (Å²) in [7, 11) is 0. The number of rotatable bonds is 1. The molecule has 2 rings (SSSR count). The van der Waals surface area contributed by atoms with Crippen LogP contribution < -0.4 is 0 Å². The number of fused-ring (bicyclic) bond motifs is 1. The number of benzene rings is 2. The van der Waals surface area contributed by atoms with Crippen molar-refractivity contribution in [2.75, 3.05) is 0 Å². The van der Waals surface area contributed by atoms with Gasteiger partial charge in [0.25, 0.3) is 0 Å². The maximum absolute atomic E-state index is 10.9. The highest BCUT2D eigenvalue weighted by molar-refractivity contribution is 9.13. The summed E-state index contributed by atoms with van der Waals surface area (Å²) in [4.78, 5) is 10.9. The van der Waals surface area contributed by atoms with Crippen LogP contribution >= 0.6 is 31.9 Å². The third-order valence-corrected chi connectivity index (χ3v) is 4.11. The Morgan fingerprint density at radius 2 is 1.86 bits per heavy atom. The SMILES string of the molecule is O=Cc1c(Br)c(Br)cc2ccccc12. The predicted octanol–water partition coefficient (Wildman–Crippen LogP) is 4.18. The second-order valence-electron chi connectivity index (χ2n) is 2.93. The van der Waals surface area contributed by atoms with Crippen molar-refractivity contribution in [2.24, 2.45) is 0 Å². The second kappa shape index (κ2) is 3.83. The smallest absolute Gasteiger partial charge is 0.151 e. The maximum atomic E-state index is 10.9. The zero-order chi connectivity index (χ0) is 10.1. The topological polar surface area (TPSA) is 17.1 Å². The average Bonchev–Trinajstić information content (AvgIpc) is 2.20. The zero-order valence-electron chi connectivity index (χ0n) is 7.13. The van der Waals surface area contributed by atoms with Crippen LogP contribution in [0.1, 0.15) is 10.4 Å². The van der Waals surface area contributed by atoms with Gasteiger partial charge in [-0.15, -0.1) is 0 Å². The van der Waals surface area contributed by atoms with Gasteiger partial charge in [0.15, 0.2) is 6.29 Å². The summed E-state index contributed by atoms with van der Waals surface area (Å²) in [6.45, 7) is 0. The molecule has 0 heterocycles. The standard InChI is InChI=1S/C11H6Br2O/c12-10-5-7-3-1-2-4-8(7)9(6-14)11(10)13/h1-6H. The highest BCUT2D eigenvalue weighted by atomic mass is 79.9. The lowest BCUT2D eigenvalue weighted by Gasteiger charge is -2.05. The minimum atomic E-state index is 0.690. The Morgan fingerprint density at radius 1 is 1.14 bits per heavy atom. The zero-order valence-corrected chi connectivity index (χ0v) is 10.3. The first kappa shape index (κ1) is 9.87. The van der Waals surface area contributed by atoms with E-state index in [2.05, 4.69) is 31.9 Å². The van der Waals surface area contributed by atoms with E-state index in [1.165, 1.54) is 0 Å². The largest absolute Gasteiger partial charge is 0.298 e. The van der Waals surface area contributed by atoms with E-state index in [4.69, 9.17) is 0 Å². The summed E-state index contributed by atoms with van der Waals surface area (Å²) in [6.07, 6.45) is 0.872. The maximum Gasteiger partial charge on any atom is 0.151 e. The molecule has 0 saturated heterocycles. The highest BCUT2D eigenvalue weighted by Crippen LogP contribution is 2.32. The molecule has 0 aliphatic rings. The number of halogens is 2. The number of aldehydes is 1. The van der Waals surface area contributed by atoms with Gasteiger partial charge in [-0.2, -0.15) is 0 Å². The van der Waals surface area contributed by atoms with E-state index >= 15 is 0 Å². The van der Waals surface area contributed by atoms with Crippen LogP contribution in [0, 0.1) is 0 Å². The molecule has 0 unspecified atom stereocenters. The van der Waals surface area contributed by atoms with Gasteiger partial charge >= 0.3 is 0 Å². The summed E-state index contributed by atoms with van der Waals surface area (Å²) < 4.78 is 1.71. The Balaban J connectivity index is 2.96. The molecule has 70 valence electrons. The highest BCUT2D eigenvalue weighted by Gasteiger charge is 2.08. The normalized spacial score (nSPS) is 10.4. The molecule has 0 amide bonds. The minimum Gasteiger partial charge on any atom is -0.298 e. The lowest BCUT2D eigenvalue weighted by Crippen LogP contribution is -1.86. The Hall–Kier alpha value is -0.670. The molecule has 3 heteroatoms. The Morgan fingerprint density at radius 3 is 2.57 bits per heavy atom. The van der Waals surface area contributed by atoms with Crippen LogP contribution in [0.2, 0.25) is 0 Å². The van der Waals surface area contributed by atoms with Crippen molar-refractivity contribution in [1.29, 1.82) is 0 Å². The molecular formula is C11H6Br2O. The number of carbonyl (C=O) groups is 1. The van der Waals surface area contributed by atoms with E-state index in [-0.39, 0.29) is 0 Å². The minimum absolute atomic E-state index is 0.690. The molecule has 0 spiro atoms. The van der Waals surface area contributed by atoms with Crippen molar-refractivity contribution in [1.82, 2.24) is 0 Å². The Labute approximate surface area is 98.4 Å². The summed E-state index contributed by atoms with van der Waals surface area (Å²) >= 11 is 6.79. The lowest BCUT2D eigenvalue weighted by atomic mass is 10.1. The van der Waals surface area contributed by atoms with Crippen LogP contribution in [0.3, 0.4) is 0 Å². The summed E-state index contributed by atoms with van der Waals surface area (Å²) in [5.74, 6) is 0. The van der Waals surface area contributed by atoms with Crippen LogP contribution in [0.5, 0.6) is 0 Å². The van der Waals surface area contributed by atoms with Gasteiger partial charge in [-0.3, -0.25) is 4.79 Å². The van der Waals surface area contributed by atoms with Gasteiger partial charge in [-0.05, 0) is 48.7 Å². The molecule has 0 saturated carbocycles. The monoisotopic (exact) mass is 312 g/mol. The van der Waals surface area contributed by atoms with Crippen molar-refractivity contribution >= 4 is 48.9 Å². The van der Waals surface area contributed by atoms with Gasteiger partial charge in [0, 0.05) is 14.5 Å². The molecule has 0 N–H and O–H groups in total. The number of hydrogen-bond acceptors (Lipinski definition) is 1.